The Morgan fingerprint density at radius 1 is 1.04 bits per heavy atom. The van der Waals surface area contributed by atoms with E-state index >= 15 is 0 Å². The maximum absolute atomic E-state index is 12.1. The normalized spacial score (nSPS) is 11.2. The molecular weight excluding hydrogens is 346 g/mol. The van der Waals surface area contributed by atoms with Crippen molar-refractivity contribution in [3.63, 3.8) is 0 Å². The molecule has 0 unspecified atom stereocenters. The second kappa shape index (κ2) is 9.11. The molecule has 0 aromatic heterocycles. The van der Waals surface area contributed by atoms with Crippen LogP contribution in [0, 0.1) is 0 Å². The Balaban J connectivity index is 1.84. The molecule has 5 heteroatoms. The monoisotopic (exact) mass is 373 g/mol. The van der Waals surface area contributed by atoms with Crippen molar-refractivity contribution in [2.75, 3.05) is 18.6 Å². The van der Waals surface area contributed by atoms with Gasteiger partial charge in [-0.25, -0.2) is 4.79 Å². The van der Waals surface area contributed by atoms with Crippen LogP contribution in [0.25, 0.3) is 0 Å². The summed E-state index contributed by atoms with van der Waals surface area (Å²) in [5.41, 5.74) is 2.09. The number of carbonyl (C=O) groups excluding carboxylic acids is 1. The van der Waals surface area contributed by atoms with Crippen LogP contribution in [0.5, 0.6) is 0 Å². The van der Waals surface area contributed by atoms with Gasteiger partial charge in [-0.05, 0) is 35.9 Å². The van der Waals surface area contributed by atoms with E-state index in [0.717, 1.165) is 17.5 Å². The van der Waals surface area contributed by atoms with Gasteiger partial charge in [0.1, 0.15) is 0 Å². The number of hydrogen-bond acceptors (Lipinski definition) is 3. The number of ether oxygens (including phenoxy) is 1. The second-order valence-electron chi connectivity index (χ2n) is 7.25. The predicted octanol–water partition coefficient (Wildman–Crippen LogP) is 5.89. The highest BCUT2D eigenvalue weighted by molar-refractivity contribution is 7.98. The Morgan fingerprint density at radius 2 is 1.68 bits per heavy atom. The Bertz CT molecular complexity index is 668. The topological polar surface area (TPSA) is 29.5 Å². The highest BCUT2D eigenvalue weighted by Crippen LogP contribution is 2.24. The molecule has 0 aliphatic heterocycles. The van der Waals surface area contributed by atoms with Crippen molar-refractivity contribution in [2.45, 2.75) is 36.3 Å². The van der Waals surface area contributed by atoms with E-state index in [-0.39, 0.29) is 6.09 Å². The third-order valence-corrected chi connectivity index (χ3v) is 6.61. The molecule has 0 saturated carbocycles. The number of carbonyl (C=O) groups is 1. The molecule has 0 aliphatic rings. The van der Waals surface area contributed by atoms with Gasteiger partial charge < -0.3 is 4.74 Å². The van der Waals surface area contributed by atoms with Crippen LogP contribution in [-0.4, -0.2) is 27.8 Å². The number of hydrogen-bond donors (Lipinski definition) is 0. The Hall–Kier alpha value is -1.72. The van der Waals surface area contributed by atoms with Crippen LogP contribution in [0.3, 0.4) is 0 Å². The van der Waals surface area contributed by atoms with Gasteiger partial charge in [-0.15, -0.1) is 11.8 Å². The lowest BCUT2D eigenvalue weighted by atomic mass is 10.2. The van der Waals surface area contributed by atoms with Gasteiger partial charge in [-0.1, -0.05) is 50.0 Å². The summed E-state index contributed by atoms with van der Waals surface area (Å²) in [6.07, 6.45) is -0.287. The molecule has 0 heterocycles. The summed E-state index contributed by atoms with van der Waals surface area (Å²) in [5, 5.41) is 0. The quantitative estimate of drug-likeness (QED) is 0.448. The maximum Gasteiger partial charge on any atom is 0.413 e. The molecule has 0 saturated heterocycles. The Morgan fingerprint density at radius 3 is 2.28 bits per heavy atom. The lowest BCUT2D eigenvalue weighted by Gasteiger charge is -2.20. The molecule has 0 fully saturated rings. The summed E-state index contributed by atoms with van der Waals surface area (Å²) in [6.45, 7) is 7.33. The summed E-state index contributed by atoms with van der Waals surface area (Å²) in [4.78, 5) is 15.0. The van der Waals surface area contributed by atoms with E-state index in [9.17, 15) is 4.79 Å². The number of anilines is 1. The lowest BCUT2D eigenvalue weighted by molar-refractivity contribution is 0.161. The zero-order valence-corrected chi connectivity index (χ0v) is 17.3. The fraction of sp³-hybridized carbons (Fsp3) is 0.350. The average molecular weight is 374 g/mol. The first-order valence-electron chi connectivity index (χ1n) is 8.52. The highest BCUT2D eigenvalue weighted by atomic mass is 32.2. The molecular formula is C20H27NO2SSi. The number of rotatable bonds is 7. The summed E-state index contributed by atoms with van der Waals surface area (Å²) >= 11 is 1.81. The number of amides is 1. The second-order valence-corrected chi connectivity index (χ2v) is 13.9. The predicted molar refractivity (Wildman–Crippen MR) is 110 cm³/mol. The van der Waals surface area contributed by atoms with Crippen LogP contribution in [-0.2, 0) is 10.5 Å². The minimum atomic E-state index is -1.18. The van der Waals surface area contributed by atoms with Gasteiger partial charge in [-0.3, -0.25) is 4.90 Å². The zero-order valence-electron chi connectivity index (χ0n) is 15.5. The zero-order chi connectivity index (χ0) is 18.3. The van der Waals surface area contributed by atoms with Gasteiger partial charge in [0.05, 0.1) is 6.61 Å². The average Bonchev–Trinajstić information content (AvgIpc) is 2.59. The molecule has 0 bridgehead atoms. The molecule has 0 radical (unpaired) electrons. The van der Waals surface area contributed by atoms with E-state index < -0.39 is 8.07 Å². The summed E-state index contributed by atoms with van der Waals surface area (Å²) < 4.78 is 5.39. The van der Waals surface area contributed by atoms with E-state index in [4.69, 9.17) is 4.74 Å². The van der Waals surface area contributed by atoms with Crippen molar-refractivity contribution in [1.82, 2.24) is 0 Å². The summed E-state index contributed by atoms with van der Waals surface area (Å²) in [5.74, 6) is 0.911. The first kappa shape index (κ1) is 19.6. The molecule has 0 aliphatic carbocycles. The van der Waals surface area contributed by atoms with Gasteiger partial charge in [0, 0.05) is 31.5 Å². The summed E-state index contributed by atoms with van der Waals surface area (Å²) in [6, 6.07) is 19.4. The van der Waals surface area contributed by atoms with E-state index in [0.29, 0.717) is 6.61 Å². The smallest absolute Gasteiger partial charge is 0.413 e. The van der Waals surface area contributed by atoms with Gasteiger partial charge >= 0.3 is 6.09 Å². The van der Waals surface area contributed by atoms with Crippen molar-refractivity contribution >= 4 is 31.6 Å². The third-order valence-electron chi connectivity index (χ3n) is 3.82. The molecule has 2 rings (SSSR count). The van der Waals surface area contributed by atoms with Crippen LogP contribution in [0.2, 0.25) is 25.7 Å². The third kappa shape index (κ3) is 6.96. The van der Waals surface area contributed by atoms with Crippen LogP contribution in [0.4, 0.5) is 10.5 Å². The summed E-state index contributed by atoms with van der Waals surface area (Å²) in [7, 11) is 0.574. The number of nitrogens with zero attached hydrogens (tertiary/aromatic N) is 1. The van der Waals surface area contributed by atoms with Crippen LogP contribution < -0.4 is 4.90 Å². The highest BCUT2D eigenvalue weighted by Gasteiger charge is 2.16. The molecule has 1 amide bonds. The fourth-order valence-electron chi connectivity index (χ4n) is 2.15. The molecule has 0 N–H and O–H groups in total. The lowest BCUT2D eigenvalue weighted by Crippen LogP contribution is -2.29. The first-order chi connectivity index (χ1) is 11.8. The molecule has 2 aromatic rings. The van der Waals surface area contributed by atoms with Crippen LogP contribution >= 0.6 is 11.8 Å². The Kier molecular flexibility index (Phi) is 7.14. The van der Waals surface area contributed by atoms with Gasteiger partial charge in [0.25, 0.3) is 0 Å². The van der Waals surface area contributed by atoms with Gasteiger partial charge in [0.2, 0.25) is 0 Å². The molecule has 134 valence electrons. The maximum atomic E-state index is 12.1. The fourth-order valence-corrected chi connectivity index (χ4v) is 3.74. The largest absolute Gasteiger partial charge is 0.449 e. The van der Waals surface area contributed by atoms with Crippen molar-refractivity contribution in [3.05, 3.63) is 60.2 Å². The SMILES string of the molecule is CN(C(=O)OCC[Si](C)(C)C)c1ccc(CSc2ccccc2)cc1. The van der Waals surface area contributed by atoms with Gasteiger partial charge in [0.15, 0.2) is 0 Å². The Labute approximate surface area is 156 Å². The standard InChI is InChI=1S/C20H27NO2SSi/c1-21(20(22)23-14-15-25(2,3)4)18-12-10-17(11-13-18)16-24-19-8-6-5-7-9-19/h5-13H,14-16H2,1-4H3. The molecule has 3 nitrogen and oxygen atoms in total. The van der Waals surface area contributed by atoms with Gasteiger partial charge in [-0.2, -0.15) is 0 Å². The van der Waals surface area contributed by atoms with E-state index in [1.807, 2.05) is 30.3 Å². The van der Waals surface area contributed by atoms with E-state index in [1.54, 1.807) is 23.7 Å². The van der Waals surface area contributed by atoms with Crippen molar-refractivity contribution in [3.8, 4) is 0 Å². The molecule has 0 atom stereocenters. The van der Waals surface area contributed by atoms with Crippen molar-refractivity contribution < 1.29 is 9.53 Å². The molecule has 25 heavy (non-hydrogen) atoms. The minimum Gasteiger partial charge on any atom is -0.449 e. The van der Waals surface area contributed by atoms with Crippen molar-refractivity contribution in [1.29, 1.82) is 0 Å². The number of thioether (sulfide) groups is 1. The van der Waals surface area contributed by atoms with E-state index in [2.05, 4.69) is 43.9 Å². The van der Waals surface area contributed by atoms with Crippen molar-refractivity contribution in [2.24, 2.45) is 0 Å². The molecule has 0 spiro atoms. The van der Waals surface area contributed by atoms with E-state index in [1.165, 1.54) is 10.5 Å². The van der Waals surface area contributed by atoms with Crippen LogP contribution in [0.1, 0.15) is 5.56 Å². The van der Waals surface area contributed by atoms with Crippen LogP contribution in [0.15, 0.2) is 59.5 Å². The minimum absolute atomic E-state index is 0.287. The first-order valence-corrected chi connectivity index (χ1v) is 13.2. The number of benzene rings is 2. The molecule has 2 aromatic carbocycles.